The second-order valence-electron chi connectivity index (χ2n) is 2.85. The highest BCUT2D eigenvalue weighted by atomic mass is 16.3. The van der Waals surface area contributed by atoms with Crippen molar-refractivity contribution in [2.24, 2.45) is 0 Å². The molecule has 1 aromatic heterocycles. The van der Waals surface area contributed by atoms with Crippen LogP contribution >= 0.6 is 0 Å². The molecule has 0 fully saturated rings. The number of nitrogens with one attached hydrogen (secondary N) is 1. The highest BCUT2D eigenvalue weighted by Crippen LogP contribution is 2.14. The van der Waals surface area contributed by atoms with Gasteiger partial charge in [0, 0.05) is 10.9 Å². The maximum absolute atomic E-state index is 11.1. The lowest BCUT2D eigenvalue weighted by Crippen LogP contribution is -2.03. The summed E-state index contributed by atoms with van der Waals surface area (Å²) in [5, 5.41) is 9.63. The van der Waals surface area contributed by atoms with Crippen molar-refractivity contribution in [3.8, 4) is 0 Å². The van der Waals surface area contributed by atoms with E-state index in [0.29, 0.717) is 5.69 Å². The molecule has 2 rings (SSSR count). The van der Waals surface area contributed by atoms with Crippen molar-refractivity contribution < 1.29 is 9.90 Å². The van der Waals surface area contributed by atoms with Crippen molar-refractivity contribution in [1.29, 1.82) is 0 Å². The number of hydrogen-bond acceptors (Lipinski definition) is 2. The van der Waals surface area contributed by atoms with Gasteiger partial charge in [0.25, 0.3) is 0 Å². The molecule has 3 heteroatoms. The Kier molecular flexibility index (Phi) is 1.87. The third-order valence-corrected chi connectivity index (χ3v) is 1.97. The fourth-order valence-corrected chi connectivity index (χ4v) is 1.31. The molecule has 0 atom stereocenters. The van der Waals surface area contributed by atoms with Crippen LogP contribution in [-0.4, -0.2) is 22.5 Å². The van der Waals surface area contributed by atoms with Gasteiger partial charge >= 0.3 is 0 Å². The molecule has 0 aliphatic heterocycles. The van der Waals surface area contributed by atoms with Gasteiger partial charge < -0.3 is 10.1 Å². The first-order valence-corrected chi connectivity index (χ1v) is 4.03. The zero-order chi connectivity index (χ0) is 9.26. The first kappa shape index (κ1) is 8.01. The highest BCUT2D eigenvalue weighted by Gasteiger charge is 2.06. The van der Waals surface area contributed by atoms with Crippen LogP contribution < -0.4 is 0 Å². The van der Waals surface area contributed by atoms with E-state index in [4.69, 9.17) is 5.11 Å². The van der Waals surface area contributed by atoms with Gasteiger partial charge in [-0.15, -0.1) is 0 Å². The molecule has 0 unspecified atom stereocenters. The number of benzene rings is 1. The van der Waals surface area contributed by atoms with Crippen LogP contribution in [0.1, 0.15) is 10.5 Å². The number of aromatic nitrogens is 1. The number of rotatable bonds is 2. The van der Waals surface area contributed by atoms with Crippen molar-refractivity contribution in [2.75, 3.05) is 6.61 Å². The number of hydrogen-bond donors (Lipinski definition) is 2. The minimum absolute atomic E-state index is 0.281. The average molecular weight is 175 g/mol. The molecule has 0 bridgehead atoms. The van der Waals surface area contributed by atoms with Gasteiger partial charge in [0.05, 0.1) is 5.69 Å². The van der Waals surface area contributed by atoms with Gasteiger partial charge in [-0.2, -0.15) is 0 Å². The first-order chi connectivity index (χ1) is 6.31. The number of Topliss-reactive ketones (excluding diaryl/α,β-unsaturated/α-hetero) is 1. The maximum atomic E-state index is 11.1. The fourth-order valence-electron chi connectivity index (χ4n) is 1.31. The van der Waals surface area contributed by atoms with E-state index >= 15 is 0 Å². The molecule has 0 spiro atoms. The lowest BCUT2D eigenvalue weighted by molar-refractivity contribution is 0.0899. The van der Waals surface area contributed by atoms with E-state index in [0.717, 1.165) is 10.9 Å². The molecule has 1 heterocycles. The number of aliphatic hydroxyl groups excluding tert-OH is 1. The largest absolute Gasteiger partial charge is 0.388 e. The molecular formula is C10H9NO2. The quantitative estimate of drug-likeness (QED) is 0.677. The number of aromatic amines is 1. The van der Waals surface area contributed by atoms with Crippen LogP contribution in [0.5, 0.6) is 0 Å². The second-order valence-corrected chi connectivity index (χ2v) is 2.85. The van der Waals surface area contributed by atoms with Crippen LogP contribution in [0.25, 0.3) is 10.9 Å². The van der Waals surface area contributed by atoms with Crippen molar-refractivity contribution in [3.05, 3.63) is 36.0 Å². The van der Waals surface area contributed by atoms with Crippen molar-refractivity contribution in [2.45, 2.75) is 0 Å². The predicted octanol–water partition coefficient (Wildman–Crippen LogP) is 1.34. The molecule has 0 saturated heterocycles. The van der Waals surface area contributed by atoms with E-state index in [9.17, 15) is 4.79 Å². The van der Waals surface area contributed by atoms with E-state index in [1.807, 2.05) is 24.3 Å². The summed E-state index contributed by atoms with van der Waals surface area (Å²) in [6.45, 7) is -0.452. The number of carbonyl (C=O) groups excluding carboxylic acids is 1. The van der Waals surface area contributed by atoms with Gasteiger partial charge in [0.15, 0.2) is 0 Å². The Morgan fingerprint density at radius 3 is 2.85 bits per heavy atom. The molecule has 66 valence electrons. The third-order valence-electron chi connectivity index (χ3n) is 1.97. The molecule has 13 heavy (non-hydrogen) atoms. The van der Waals surface area contributed by atoms with Gasteiger partial charge in [-0.1, -0.05) is 18.2 Å². The highest BCUT2D eigenvalue weighted by molar-refractivity contribution is 5.99. The standard InChI is InChI=1S/C10H9NO2/c12-6-10(13)9-5-7-3-1-2-4-8(7)11-9/h1-5,11-12H,6H2. The Morgan fingerprint density at radius 2 is 2.15 bits per heavy atom. The second kappa shape index (κ2) is 3.03. The monoisotopic (exact) mass is 175 g/mol. The molecule has 2 N–H and O–H groups in total. The summed E-state index contributed by atoms with van der Waals surface area (Å²) < 4.78 is 0. The van der Waals surface area contributed by atoms with Crippen LogP contribution in [0.4, 0.5) is 0 Å². The maximum Gasteiger partial charge on any atom is 0.204 e. The smallest absolute Gasteiger partial charge is 0.204 e. The SMILES string of the molecule is O=C(CO)c1cc2ccccc2[nH]1. The van der Waals surface area contributed by atoms with Crippen molar-refractivity contribution in [1.82, 2.24) is 4.98 Å². The van der Waals surface area contributed by atoms with Gasteiger partial charge in [-0.3, -0.25) is 4.79 Å². The molecule has 0 radical (unpaired) electrons. The first-order valence-electron chi connectivity index (χ1n) is 4.03. The summed E-state index contributed by atoms with van der Waals surface area (Å²) >= 11 is 0. The number of para-hydroxylation sites is 1. The normalized spacial score (nSPS) is 10.5. The number of ketones is 1. The summed E-state index contributed by atoms with van der Waals surface area (Å²) in [5.74, 6) is -0.281. The molecule has 2 aromatic rings. The Labute approximate surface area is 75.0 Å². The van der Waals surface area contributed by atoms with Crippen LogP contribution in [-0.2, 0) is 0 Å². The molecule has 1 aromatic carbocycles. The van der Waals surface area contributed by atoms with Crippen LogP contribution in [0.15, 0.2) is 30.3 Å². The molecule has 0 saturated carbocycles. The predicted molar refractivity (Wildman–Crippen MR) is 49.7 cm³/mol. The summed E-state index contributed by atoms with van der Waals surface area (Å²) in [6.07, 6.45) is 0. The number of aliphatic hydroxyl groups is 1. The van der Waals surface area contributed by atoms with Gasteiger partial charge in [-0.05, 0) is 12.1 Å². The number of carbonyl (C=O) groups is 1. The number of fused-ring (bicyclic) bond motifs is 1. The van der Waals surface area contributed by atoms with E-state index in [1.54, 1.807) is 6.07 Å². The molecule has 3 nitrogen and oxygen atoms in total. The Balaban J connectivity index is 2.56. The van der Waals surface area contributed by atoms with Gasteiger partial charge in [-0.25, -0.2) is 0 Å². The van der Waals surface area contributed by atoms with Gasteiger partial charge in [0.1, 0.15) is 6.61 Å². The summed E-state index contributed by atoms with van der Waals surface area (Å²) in [4.78, 5) is 14.0. The summed E-state index contributed by atoms with van der Waals surface area (Å²) in [7, 11) is 0. The van der Waals surface area contributed by atoms with Crippen LogP contribution in [0.2, 0.25) is 0 Å². The average Bonchev–Trinajstić information content (AvgIpc) is 2.59. The topological polar surface area (TPSA) is 53.1 Å². The third kappa shape index (κ3) is 1.34. The van der Waals surface area contributed by atoms with Crippen molar-refractivity contribution in [3.63, 3.8) is 0 Å². The minimum Gasteiger partial charge on any atom is -0.388 e. The van der Waals surface area contributed by atoms with E-state index in [2.05, 4.69) is 4.98 Å². The van der Waals surface area contributed by atoms with E-state index in [1.165, 1.54) is 0 Å². The number of H-pyrrole nitrogens is 1. The lowest BCUT2D eigenvalue weighted by atomic mass is 10.2. The van der Waals surface area contributed by atoms with E-state index < -0.39 is 6.61 Å². The zero-order valence-corrected chi connectivity index (χ0v) is 6.95. The Bertz CT molecular complexity index is 412. The molecule has 0 amide bonds. The molecule has 0 aliphatic carbocycles. The Hall–Kier alpha value is -1.61. The summed E-state index contributed by atoms with van der Waals surface area (Å²) in [6, 6.07) is 9.35. The zero-order valence-electron chi connectivity index (χ0n) is 6.95. The van der Waals surface area contributed by atoms with Crippen LogP contribution in [0, 0.1) is 0 Å². The van der Waals surface area contributed by atoms with E-state index in [-0.39, 0.29) is 5.78 Å². The fraction of sp³-hybridized carbons (Fsp3) is 0.100. The van der Waals surface area contributed by atoms with Crippen molar-refractivity contribution >= 4 is 16.7 Å². The molecular weight excluding hydrogens is 166 g/mol. The minimum atomic E-state index is -0.452. The molecule has 0 aliphatic rings. The Morgan fingerprint density at radius 1 is 1.38 bits per heavy atom. The van der Waals surface area contributed by atoms with Gasteiger partial charge in [0.2, 0.25) is 5.78 Å². The summed E-state index contributed by atoms with van der Waals surface area (Å²) in [5.41, 5.74) is 1.38. The lowest BCUT2D eigenvalue weighted by Gasteiger charge is -1.88. The van der Waals surface area contributed by atoms with Crippen LogP contribution in [0.3, 0.4) is 0 Å².